The highest BCUT2D eigenvalue weighted by molar-refractivity contribution is 5.94. The lowest BCUT2D eigenvalue weighted by atomic mass is 10.1. The van der Waals surface area contributed by atoms with Crippen molar-refractivity contribution in [2.24, 2.45) is 5.10 Å². The molecule has 0 unspecified atom stereocenters. The van der Waals surface area contributed by atoms with Crippen molar-refractivity contribution >= 4 is 23.1 Å². The van der Waals surface area contributed by atoms with E-state index in [4.69, 9.17) is 0 Å². The van der Waals surface area contributed by atoms with E-state index in [0.717, 1.165) is 48.8 Å². The van der Waals surface area contributed by atoms with Gasteiger partial charge in [0.05, 0.1) is 5.69 Å². The lowest BCUT2D eigenvalue weighted by molar-refractivity contribution is 0.0951. The molecule has 0 atom stereocenters. The van der Waals surface area contributed by atoms with Gasteiger partial charge in [-0.15, -0.1) is 0 Å². The second-order valence-electron chi connectivity index (χ2n) is 7.51. The number of benzene rings is 1. The van der Waals surface area contributed by atoms with Crippen molar-refractivity contribution < 1.29 is 4.79 Å². The van der Waals surface area contributed by atoms with Gasteiger partial charge < -0.3 is 10.2 Å². The summed E-state index contributed by atoms with van der Waals surface area (Å²) >= 11 is 0. The summed E-state index contributed by atoms with van der Waals surface area (Å²) in [6.45, 7) is 5.58. The van der Waals surface area contributed by atoms with Crippen molar-refractivity contribution in [3.05, 3.63) is 53.7 Å². The van der Waals surface area contributed by atoms with Gasteiger partial charge >= 0.3 is 0 Å². The van der Waals surface area contributed by atoms with Crippen molar-refractivity contribution in [2.45, 2.75) is 39.2 Å². The van der Waals surface area contributed by atoms with E-state index in [-0.39, 0.29) is 5.91 Å². The van der Waals surface area contributed by atoms with E-state index in [1.54, 1.807) is 0 Å². The second kappa shape index (κ2) is 8.42. The lowest BCUT2D eigenvalue weighted by Crippen LogP contribution is -2.30. The van der Waals surface area contributed by atoms with Gasteiger partial charge in [-0.05, 0) is 62.1 Å². The Morgan fingerprint density at radius 1 is 1.04 bits per heavy atom. The highest BCUT2D eigenvalue weighted by Crippen LogP contribution is 2.20. The summed E-state index contributed by atoms with van der Waals surface area (Å²) in [5, 5.41) is 9.44. The van der Waals surface area contributed by atoms with E-state index in [2.05, 4.69) is 26.4 Å². The summed E-state index contributed by atoms with van der Waals surface area (Å²) in [5.74, 6) is 0.956. The maximum atomic E-state index is 12.4. The van der Waals surface area contributed by atoms with Gasteiger partial charge in [0.25, 0.3) is 5.91 Å². The molecule has 0 bridgehead atoms. The van der Waals surface area contributed by atoms with E-state index in [0.29, 0.717) is 12.1 Å². The number of piperidine rings is 1. The molecule has 2 aliphatic heterocycles. The molecule has 146 valence electrons. The number of hydrogen-bond donors (Lipinski definition) is 1. The Labute approximate surface area is 166 Å². The molecule has 0 saturated carbocycles. The smallest absolute Gasteiger partial charge is 0.251 e. The fourth-order valence-electron chi connectivity index (χ4n) is 3.66. The summed E-state index contributed by atoms with van der Waals surface area (Å²) in [6, 6.07) is 11.7. The van der Waals surface area contributed by atoms with Crippen LogP contribution in [0.25, 0.3) is 0 Å². The van der Waals surface area contributed by atoms with Gasteiger partial charge in [-0.1, -0.05) is 6.07 Å². The molecular formula is C22H27N5O. The molecular weight excluding hydrogens is 350 g/mol. The summed E-state index contributed by atoms with van der Waals surface area (Å²) in [6.07, 6.45) is 6.64. The standard InChI is InChI=1S/C22H27N5O/c1-17-11-14-27(25-17)20-8-6-19(7-9-20)22(28)24-16-18-5-10-21(23-15-18)26-12-3-2-4-13-26/h5-10,15H,2-4,11-14,16H2,1H3,(H,24,28). The van der Waals surface area contributed by atoms with Gasteiger partial charge in [-0.25, -0.2) is 4.98 Å². The number of hydrazone groups is 1. The zero-order chi connectivity index (χ0) is 19.3. The van der Waals surface area contributed by atoms with Crippen LogP contribution in [-0.2, 0) is 6.54 Å². The zero-order valence-electron chi connectivity index (χ0n) is 16.4. The van der Waals surface area contributed by atoms with Crippen LogP contribution in [0.1, 0.15) is 48.5 Å². The average molecular weight is 377 g/mol. The first-order chi connectivity index (χ1) is 13.7. The minimum absolute atomic E-state index is 0.0761. The third-order valence-electron chi connectivity index (χ3n) is 5.35. The van der Waals surface area contributed by atoms with Crippen LogP contribution in [0, 0.1) is 0 Å². The van der Waals surface area contributed by atoms with Gasteiger partial charge in [0.2, 0.25) is 0 Å². The summed E-state index contributed by atoms with van der Waals surface area (Å²) in [5.41, 5.74) is 3.82. The van der Waals surface area contributed by atoms with Gasteiger partial charge in [0.1, 0.15) is 5.82 Å². The van der Waals surface area contributed by atoms with Crippen LogP contribution in [-0.4, -0.2) is 36.2 Å². The Balaban J connectivity index is 1.31. The van der Waals surface area contributed by atoms with Crippen LogP contribution < -0.4 is 15.2 Å². The Hall–Kier alpha value is -2.89. The van der Waals surface area contributed by atoms with Crippen LogP contribution in [0.15, 0.2) is 47.7 Å². The number of carbonyl (C=O) groups excluding carboxylic acids is 1. The lowest BCUT2D eigenvalue weighted by Gasteiger charge is -2.27. The number of hydrogen-bond acceptors (Lipinski definition) is 5. The van der Waals surface area contributed by atoms with Crippen molar-refractivity contribution in [1.29, 1.82) is 0 Å². The van der Waals surface area contributed by atoms with Gasteiger partial charge in [-0.2, -0.15) is 5.10 Å². The van der Waals surface area contributed by atoms with Crippen molar-refractivity contribution in [3.63, 3.8) is 0 Å². The number of anilines is 2. The van der Waals surface area contributed by atoms with Crippen molar-refractivity contribution in [1.82, 2.24) is 10.3 Å². The van der Waals surface area contributed by atoms with E-state index in [1.807, 2.05) is 48.5 Å². The molecule has 3 heterocycles. The molecule has 28 heavy (non-hydrogen) atoms. The molecule has 0 spiro atoms. The Morgan fingerprint density at radius 2 is 1.82 bits per heavy atom. The molecule has 1 N–H and O–H groups in total. The fraction of sp³-hybridized carbons (Fsp3) is 0.409. The third-order valence-corrected chi connectivity index (χ3v) is 5.35. The molecule has 0 aliphatic carbocycles. The first-order valence-corrected chi connectivity index (χ1v) is 10.1. The van der Waals surface area contributed by atoms with Crippen molar-refractivity contribution in [2.75, 3.05) is 29.5 Å². The monoisotopic (exact) mass is 377 g/mol. The molecule has 6 nitrogen and oxygen atoms in total. The number of amides is 1. The normalized spacial score (nSPS) is 16.8. The van der Waals surface area contributed by atoms with Crippen LogP contribution in [0.5, 0.6) is 0 Å². The Bertz CT molecular complexity index is 838. The largest absolute Gasteiger partial charge is 0.357 e. The second-order valence-corrected chi connectivity index (χ2v) is 7.51. The fourth-order valence-corrected chi connectivity index (χ4v) is 3.66. The number of rotatable bonds is 5. The van der Waals surface area contributed by atoms with Gasteiger partial charge in [-0.3, -0.25) is 9.80 Å². The number of nitrogens with one attached hydrogen (secondary N) is 1. The van der Waals surface area contributed by atoms with Crippen molar-refractivity contribution in [3.8, 4) is 0 Å². The maximum Gasteiger partial charge on any atom is 0.251 e. The molecule has 1 aromatic heterocycles. The average Bonchev–Trinajstić information content (AvgIpc) is 3.19. The van der Waals surface area contributed by atoms with Crippen LogP contribution >= 0.6 is 0 Å². The zero-order valence-corrected chi connectivity index (χ0v) is 16.4. The molecule has 4 rings (SSSR count). The minimum Gasteiger partial charge on any atom is -0.357 e. The first-order valence-electron chi connectivity index (χ1n) is 10.1. The van der Waals surface area contributed by atoms with Crippen LogP contribution in [0.2, 0.25) is 0 Å². The topological polar surface area (TPSA) is 60.8 Å². The summed E-state index contributed by atoms with van der Waals surface area (Å²) < 4.78 is 0. The molecule has 2 aliphatic rings. The highest BCUT2D eigenvalue weighted by atomic mass is 16.1. The quantitative estimate of drug-likeness (QED) is 0.865. The third kappa shape index (κ3) is 4.32. The first kappa shape index (κ1) is 18.5. The van der Waals surface area contributed by atoms with E-state index in [9.17, 15) is 4.79 Å². The SMILES string of the molecule is CC1=NN(c2ccc(C(=O)NCc3ccc(N4CCCCC4)nc3)cc2)CC1. The van der Waals surface area contributed by atoms with E-state index >= 15 is 0 Å². The molecule has 1 fully saturated rings. The van der Waals surface area contributed by atoms with E-state index in [1.165, 1.54) is 19.3 Å². The minimum atomic E-state index is -0.0761. The molecule has 1 saturated heterocycles. The predicted molar refractivity (Wildman–Crippen MR) is 113 cm³/mol. The van der Waals surface area contributed by atoms with Gasteiger partial charge in [0, 0.05) is 50.1 Å². The Kier molecular flexibility index (Phi) is 5.55. The van der Waals surface area contributed by atoms with Gasteiger partial charge in [0.15, 0.2) is 0 Å². The molecule has 1 aromatic carbocycles. The number of nitrogens with zero attached hydrogens (tertiary/aromatic N) is 4. The maximum absolute atomic E-state index is 12.4. The highest BCUT2D eigenvalue weighted by Gasteiger charge is 2.14. The van der Waals surface area contributed by atoms with Crippen LogP contribution in [0.3, 0.4) is 0 Å². The predicted octanol–water partition coefficient (Wildman–Crippen LogP) is 3.59. The molecule has 0 radical (unpaired) electrons. The molecule has 6 heteroatoms. The molecule has 1 amide bonds. The number of pyridine rings is 1. The summed E-state index contributed by atoms with van der Waals surface area (Å²) in [7, 11) is 0. The number of carbonyl (C=O) groups is 1. The van der Waals surface area contributed by atoms with Crippen LogP contribution in [0.4, 0.5) is 11.5 Å². The Morgan fingerprint density at radius 3 is 2.46 bits per heavy atom. The molecule has 2 aromatic rings. The summed E-state index contributed by atoms with van der Waals surface area (Å²) in [4.78, 5) is 19.3. The van der Waals surface area contributed by atoms with E-state index < -0.39 is 0 Å². The number of aromatic nitrogens is 1.